The number of hydrogen-bond acceptors (Lipinski definition) is 4. The number of amides is 1. The molecule has 0 aromatic carbocycles. The second kappa shape index (κ2) is 6.74. The minimum Gasteiger partial charge on any atom is -0.344 e. The number of likely N-dealkylation sites (tertiary alicyclic amines) is 1. The number of nitrogens with one attached hydrogen (secondary N) is 1. The summed E-state index contributed by atoms with van der Waals surface area (Å²) in [5.41, 5.74) is 2.60. The molecule has 7 nitrogen and oxygen atoms in total. The van der Waals surface area contributed by atoms with E-state index in [2.05, 4.69) is 15.0 Å². The molecule has 5 heterocycles. The first-order valence-electron chi connectivity index (χ1n) is 9.59. The molecule has 3 aromatic rings. The van der Waals surface area contributed by atoms with E-state index in [-0.39, 0.29) is 17.4 Å². The fourth-order valence-electron chi connectivity index (χ4n) is 4.53. The normalized spacial score (nSPS) is 20.6. The van der Waals surface area contributed by atoms with Gasteiger partial charge in [0.25, 0.3) is 5.56 Å². The van der Waals surface area contributed by atoms with Crippen LogP contribution in [0.2, 0.25) is 0 Å². The molecule has 0 radical (unpaired) electrons. The van der Waals surface area contributed by atoms with Crippen molar-refractivity contribution in [3.8, 4) is 11.4 Å². The number of carbonyl (C=O) groups excluding carboxylic acids is 1. The largest absolute Gasteiger partial charge is 0.344 e. The molecular weight excluding hydrogens is 354 g/mol. The molecule has 1 saturated heterocycles. The van der Waals surface area contributed by atoms with Crippen LogP contribution < -0.4 is 5.56 Å². The molecule has 3 aromatic heterocycles. The van der Waals surface area contributed by atoms with Gasteiger partial charge in [-0.25, -0.2) is 4.98 Å². The average Bonchev–Trinajstić information content (AvgIpc) is 3.24. The van der Waals surface area contributed by atoms with Crippen LogP contribution >= 0.6 is 0 Å². The molecule has 0 aliphatic carbocycles. The van der Waals surface area contributed by atoms with E-state index in [1.165, 1.54) is 0 Å². The van der Waals surface area contributed by atoms with Crippen molar-refractivity contribution in [2.45, 2.75) is 25.3 Å². The van der Waals surface area contributed by atoms with Crippen molar-refractivity contribution in [2.75, 3.05) is 13.1 Å². The summed E-state index contributed by atoms with van der Waals surface area (Å²) in [6, 6.07) is 7.64. The molecule has 7 heteroatoms. The Kier molecular flexibility index (Phi) is 4.07. The molecule has 0 saturated carbocycles. The number of aromatic amines is 1. The van der Waals surface area contributed by atoms with Crippen LogP contribution in [0.4, 0.5) is 0 Å². The topological polar surface area (TPSA) is 83.9 Å². The van der Waals surface area contributed by atoms with E-state index in [0.29, 0.717) is 43.4 Å². The summed E-state index contributed by atoms with van der Waals surface area (Å²) >= 11 is 0. The highest BCUT2D eigenvalue weighted by Gasteiger charge is 2.36. The van der Waals surface area contributed by atoms with Crippen molar-refractivity contribution in [2.24, 2.45) is 5.92 Å². The van der Waals surface area contributed by atoms with Gasteiger partial charge < -0.3 is 14.5 Å². The Balaban J connectivity index is 1.40. The molecule has 1 fully saturated rings. The highest BCUT2D eigenvalue weighted by molar-refractivity contribution is 5.79. The first kappa shape index (κ1) is 16.9. The summed E-state index contributed by atoms with van der Waals surface area (Å²) in [4.78, 5) is 39.0. The monoisotopic (exact) mass is 375 g/mol. The van der Waals surface area contributed by atoms with Crippen molar-refractivity contribution >= 4 is 5.91 Å². The van der Waals surface area contributed by atoms with E-state index >= 15 is 0 Å². The van der Waals surface area contributed by atoms with Gasteiger partial charge in [-0.15, -0.1) is 0 Å². The zero-order valence-electron chi connectivity index (χ0n) is 15.4. The SMILES string of the molecule is O=C(Cc1ccncc1)N1C[C@@H]2C[C@H](C1)c1ccc(-c3ncc[nH]3)c(=O)n1C2. The number of hydrogen-bond donors (Lipinski definition) is 1. The van der Waals surface area contributed by atoms with Gasteiger partial charge in [0, 0.05) is 56.0 Å². The Morgan fingerprint density at radius 3 is 2.75 bits per heavy atom. The van der Waals surface area contributed by atoms with Gasteiger partial charge in [-0.1, -0.05) is 0 Å². The van der Waals surface area contributed by atoms with Crippen LogP contribution in [0, 0.1) is 5.92 Å². The number of piperidine rings is 1. The lowest BCUT2D eigenvalue weighted by Gasteiger charge is -2.43. The van der Waals surface area contributed by atoms with E-state index in [9.17, 15) is 9.59 Å². The highest BCUT2D eigenvalue weighted by Crippen LogP contribution is 2.35. The maximum atomic E-state index is 13.0. The molecule has 2 atom stereocenters. The molecule has 28 heavy (non-hydrogen) atoms. The van der Waals surface area contributed by atoms with Gasteiger partial charge in [0.15, 0.2) is 0 Å². The maximum absolute atomic E-state index is 13.0. The second-order valence-electron chi connectivity index (χ2n) is 7.66. The summed E-state index contributed by atoms with van der Waals surface area (Å²) in [6.45, 7) is 2.02. The van der Waals surface area contributed by atoms with Crippen molar-refractivity contribution in [1.82, 2.24) is 24.4 Å². The number of imidazole rings is 1. The summed E-state index contributed by atoms with van der Waals surface area (Å²) < 4.78 is 1.89. The summed E-state index contributed by atoms with van der Waals surface area (Å²) in [6.07, 6.45) is 8.23. The van der Waals surface area contributed by atoms with Crippen LogP contribution in [0.1, 0.15) is 23.6 Å². The summed E-state index contributed by atoms with van der Waals surface area (Å²) in [7, 11) is 0. The zero-order chi connectivity index (χ0) is 19.1. The van der Waals surface area contributed by atoms with E-state index in [4.69, 9.17) is 0 Å². The van der Waals surface area contributed by atoms with Crippen molar-refractivity contribution in [1.29, 1.82) is 0 Å². The fourth-order valence-corrected chi connectivity index (χ4v) is 4.53. The molecule has 1 N–H and O–H groups in total. The number of rotatable bonds is 3. The van der Waals surface area contributed by atoms with Crippen LogP contribution in [0.15, 0.2) is 53.8 Å². The van der Waals surface area contributed by atoms with E-state index < -0.39 is 0 Å². The third kappa shape index (κ3) is 2.93. The number of aromatic nitrogens is 4. The Bertz CT molecular complexity index is 1060. The Hall–Kier alpha value is -3.22. The predicted molar refractivity (Wildman–Crippen MR) is 104 cm³/mol. The lowest BCUT2D eigenvalue weighted by atomic mass is 9.82. The van der Waals surface area contributed by atoms with Crippen molar-refractivity contribution < 1.29 is 4.79 Å². The Morgan fingerprint density at radius 2 is 1.96 bits per heavy atom. The maximum Gasteiger partial charge on any atom is 0.261 e. The average molecular weight is 375 g/mol. The molecule has 2 aliphatic heterocycles. The predicted octanol–water partition coefficient (Wildman–Crippen LogP) is 1.82. The fraction of sp³-hybridized carbons (Fsp3) is 0.333. The first-order valence-corrected chi connectivity index (χ1v) is 9.59. The number of H-pyrrole nitrogens is 1. The van der Waals surface area contributed by atoms with Crippen LogP contribution in [-0.2, 0) is 17.8 Å². The molecule has 2 aliphatic rings. The zero-order valence-corrected chi connectivity index (χ0v) is 15.4. The minimum atomic E-state index is -0.00119. The molecule has 1 amide bonds. The van der Waals surface area contributed by atoms with Crippen LogP contribution in [-0.4, -0.2) is 43.4 Å². The molecule has 142 valence electrons. The Labute approximate surface area is 162 Å². The Morgan fingerprint density at radius 1 is 1.11 bits per heavy atom. The molecule has 0 unspecified atom stereocenters. The number of carbonyl (C=O) groups is 1. The standard InChI is InChI=1S/C21H21N5O2/c27-19(10-14-3-5-22-6-4-14)25-11-15-9-16(13-25)18-2-1-17(20-23-7-8-24-20)21(28)26(18)12-15/h1-8,15-16H,9-13H2,(H,23,24)/t15-,16+/m0/s1. The first-order chi connectivity index (χ1) is 13.7. The minimum absolute atomic E-state index is 0.00119. The second-order valence-corrected chi connectivity index (χ2v) is 7.66. The van der Waals surface area contributed by atoms with Crippen molar-refractivity contribution in [3.05, 3.63) is 70.7 Å². The smallest absolute Gasteiger partial charge is 0.261 e. The van der Waals surface area contributed by atoms with Crippen LogP contribution in [0.5, 0.6) is 0 Å². The van der Waals surface area contributed by atoms with E-state index in [0.717, 1.165) is 17.7 Å². The van der Waals surface area contributed by atoms with Gasteiger partial charge >= 0.3 is 0 Å². The quantitative estimate of drug-likeness (QED) is 0.757. The third-order valence-electron chi connectivity index (χ3n) is 5.82. The molecular formula is C21H21N5O2. The van der Waals surface area contributed by atoms with Crippen LogP contribution in [0.25, 0.3) is 11.4 Å². The lowest BCUT2D eigenvalue weighted by Crippen LogP contribution is -2.49. The number of pyridine rings is 2. The van der Waals surface area contributed by atoms with Crippen LogP contribution in [0.3, 0.4) is 0 Å². The van der Waals surface area contributed by atoms with Gasteiger partial charge in [-0.05, 0) is 42.2 Å². The van der Waals surface area contributed by atoms with Gasteiger partial charge in [0.1, 0.15) is 5.82 Å². The van der Waals surface area contributed by atoms with Gasteiger partial charge in [-0.2, -0.15) is 0 Å². The lowest BCUT2D eigenvalue weighted by molar-refractivity contribution is -0.133. The van der Waals surface area contributed by atoms with Gasteiger partial charge in [0.05, 0.1) is 12.0 Å². The van der Waals surface area contributed by atoms with E-state index in [1.807, 2.05) is 33.7 Å². The third-order valence-corrected chi connectivity index (χ3v) is 5.82. The molecule has 0 spiro atoms. The van der Waals surface area contributed by atoms with Gasteiger partial charge in [0.2, 0.25) is 5.91 Å². The van der Waals surface area contributed by atoms with E-state index in [1.54, 1.807) is 24.8 Å². The van der Waals surface area contributed by atoms with Gasteiger partial charge in [-0.3, -0.25) is 14.6 Å². The highest BCUT2D eigenvalue weighted by atomic mass is 16.2. The number of fused-ring (bicyclic) bond motifs is 4. The summed E-state index contributed by atoms with van der Waals surface area (Å²) in [5.74, 6) is 1.25. The molecule has 2 bridgehead atoms. The molecule has 5 rings (SSSR count). The van der Waals surface area contributed by atoms with Crippen molar-refractivity contribution in [3.63, 3.8) is 0 Å². The number of nitrogens with zero attached hydrogens (tertiary/aromatic N) is 4. The summed E-state index contributed by atoms with van der Waals surface area (Å²) in [5, 5.41) is 0.